The highest BCUT2D eigenvalue weighted by atomic mass is 32.2. The van der Waals surface area contributed by atoms with Crippen molar-refractivity contribution in [3.8, 4) is 0 Å². The van der Waals surface area contributed by atoms with Crippen molar-refractivity contribution >= 4 is 45.9 Å². The molecule has 8 heteroatoms. The average molecular weight is 370 g/mol. The molecule has 2 rings (SSSR count). The summed E-state index contributed by atoms with van der Waals surface area (Å²) in [6.45, 7) is 3.32. The van der Waals surface area contributed by atoms with Crippen LogP contribution >= 0.6 is 24.0 Å². The van der Waals surface area contributed by atoms with Crippen LogP contribution in [0.15, 0.2) is 24.3 Å². The van der Waals surface area contributed by atoms with E-state index in [0.29, 0.717) is 10.0 Å². The van der Waals surface area contributed by atoms with Crippen LogP contribution < -0.4 is 5.32 Å². The van der Waals surface area contributed by atoms with E-state index < -0.39 is 23.8 Å². The van der Waals surface area contributed by atoms with Crippen LogP contribution in [0.2, 0.25) is 0 Å². The first kappa shape index (κ1) is 18.7. The summed E-state index contributed by atoms with van der Waals surface area (Å²) in [6, 6.07) is 5.51. The van der Waals surface area contributed by atoms with Gasteiger partial charge in [0.1, 0.15) is 10.1 Å². The molecule has 130 valence electrons. The average Bonchev–Trinajstić information content (AvgIpc) is 3.07. The Morgan fingerprint density at radius 2 is 2.12 bits per heavy atom. The summed E-state index contributed by atoms with van der Waals surface area (Å²) in [5.41, 5.74) is 0.312. The maximum Gasteiger partial charge on any atom is 0.317 e. The molecule has 0 saturated carbocycles. The number of nitrogens with one attached hydrogen (secondary N) is 1. The van der Waals surface area contributed by atoms with E-state index in [4.69, 9.17) is 17.0 Å². The molecule has 5 nitrogen and oxygen atoms in total. The lowest BCUT2D eigenvalue weighted by Crippen LogP contribution is -2.31. The van der Waals surface area contributed by atoms with Gasteiger partial charge in [-0.3, -0.25) is 9.59 Å². The van der Waals surface area contributed by atoms with Crippen molar-refractivity contribution in [3.05, 3.63) is 30.1 Å². The topological polar surface area (TPSA) is 58.6 Å². The highest BCUT2D eigenvalue weighted by Crippen LogP contribution is 2.16. The van der Waals surface area contributed by atoms with Crippen LogP contribution in [-0.4, -0.2) is 46.0 Å². The van der Waals surface area contributed by atoms with Crippen molar-refractivity contribution in [2.75, 3.05) is 24.2 Å². The van der Waals surface area contributed by atoms with Crippen LogP contribution in [0.4, 0.5) is 10.1 Å². The first-order valence-electron chi connectivity index (χ1n) is 7.63. The summed E-state index contributed by atoms with van der Waals surface area (Å²) in [4.78, 5) is 25.8. The van der Waals surface area contributed by atoms with Gasteiger partial charge in [0.05, 0.1) is 5.75 Å². The summed E-state index contributed by atoms with van der Waals surface area (Å²) < 4.78 is 18.8. The molecular formula is C16H19FN2O3S2. The molecule has 0 spiro atoms. The Morgan fingerprint density at radius 1 is 1.42 bits per heavy atom. The molecule has 1 aromatic carbocycles. The van der Waals surface area contributed by atoms with E-state index in [1.165, 1.54) is 36.9 Å². The fourth-order valence-corrected chi connectivity index (χ4v) is 3.24. The van der Waals surface area contributed by atoms with Gasteiger partial charge in [-0.2, -0.15) is 0 Å². The number of hydrogen-bond acceptors (Lipinski definition) is 5. The number of ether oxygens (including phenoxy) is 1. The van der Waals surface area contributed by atoms with Gasteiger partial charge < -0.3 is 15.0 Å². The summed E-state index contributed by atoms with van der Waals surface area (Å²) in [7, 11) is 0. The van der Waals surface area contributed by atoms with E-state index in [1.54, 1.807) is 6.07 Å². The lowest BCUT2D eigenvalue weighted by Gasteiger charge is -2.18. The Hall–Kier alpha value is -1.67. The maximum absolute atomic E-state index is 13.1. The van der Waals surface area contributed by atoms with Crippen molar-refractivity contribution in [2.45, 2.75) is 25.9 Å². The molecule has 1 amide bonds. The number of nitrogens with zero attached hydrogens (tertiary/aromatic N) is 1. The van der Waals surface area contributed by atoms with Crippen molar-refractivity contribution in [1.29, 1.82) is 0 Å². The lowest BCUT2D eigenvalue weighted by molar-refractivity contribution is -0.150. The first-order valence-corrected chi connectivity index (χ1v) is 9.02. The third-order valence-electron chi connectivity index (χ3n) is 3.45. The molecule has 0 aliphatic carbocycles. The molecule has 1 atom stereocenters. The van der Waals surface area contributed by atoms with Gasteiger partial charge in [-0.1, -0.05) is 30.0 Å². The van der Waals surface area contributed by atoms with Crippen molar-refractivity contribution in [1.82, 2.24) is 4.90 Å². The molecule has 0 unspecified atom stereocenters. The Kier molecular flexibility index (Phi) is 6.99. The van der Waals surface area contributed by atoms with Crippen LogP contribution in [0.1, 0.15) is 19.8 Å². The molecule has 1 saturated heterocycles. The van der Waals surface area contributed by atoms with Gasteiger partial charge >= 0.3 is 5.97 Å². The third kappa shape index (κ3) is 5.76. The number of rotatable bonds is 5. The minimum atomic E-state index is -0.971. The van der Waals surface area contributed by atoms with Gasteiger partial charge in [0.2, 0.25) is 0 Å². The van der Waals surface area contributed by atoms with E-state index in [9.17, 15) is 14.0 Å². The van der Waals surface area contributed by atoms with E-state index >= 15 is 0 Å². The molecule has 0 aromatic heterocycles. The first-order chi connectivity index (χ1) is 11.5. The molecule has 0 bridgehead atoms. The number of carbonyl (C=O) groups excluding carboxylic acids is 2. The van der Waals surface area contributed by atoms with Crippen LogP contribution in [0.25, 0.3) is 0 Å². The largest absolute Gasteiger partial charge is 0.452 e. The number of carbonyl (C=O) groups is 2. The fourth-order valence-electron chi connectivity index (χ4n) is 2.21. The van der Waals surface area contributed by atoms with Crippen LogP contribution in [0.3, 0.4) is 0 Å². The number of hydrogen-bond donors (Lipinski definition) is 1. The van der Waals surface area contributed by atoms with E-state index in [2.05, 4.69) is 10.2 Å². The molecule has 1 fully saturated rings. The monoisotopic (exact) mass is 370 g/mol. The van der Waals surface area contributed by atoms with Crippen LogP contribution in [-0.2, 0) is 14.3 Å². The van der Waals surface area contributed by atoms with E-state index in [0.717, 1.165) is 25.9 Å². The highest BCUT2D eigenvalue weighted by molar-refractivity contribution is 8.23. The third-order valence-corrected chi connectivity index (χ3v) is 4.94. The Labute approximate surface area is 149 Å². The maximum atomic E-state index is 13.1. The number of anilines is 1. The number of thioether (sulfide) groups is 1. The van der Waals surface area contributed by atoms with Gasteiger partial charge in [0.25, 0.3) is 5.91 Å². The molecule has 1 aromatic rings. The molecule has 1 aliphatic rings. The second-order valence-electron chi connectivity index (χ2n) is 5.38. The number of amides is 1. The zero-order chi connectivity index (χ0) is 17.5. The molecule has 1 heterocycles. The minimum absolute atomic E-state index is 0.0624. The quantitative estimate of drug-likeness (QED) is 0.635. The summed E-state index contributed by atoms with van der Waals surface area (Å²) in [5.74, 6) is -1.42. The number of benzene rings is 1. The van der Waals surface area contributed by atoms with Crippen LogP contribution in [0, 0.1) is 5.82 Å². The zero-order valence-corrected chi connectivity index (χ0v) is 14.9. The Balaban J connectivity index is 1.74. The summed E-state index contributed by atoms with van der Waals surface area (Å²) >= 11 is 6.51. The van der Waals surface area contributed by atoms with Gasteiger partial charge in [-0.15, -0.1) is 0 Å². The normalized spacial score (nSPS) is 15.0. The van der Waals surface area contributed by atoms with Gasteiger partial charge in [0, 0.05) is 18.8 Å². The zero-order valence-electron chi connectivity index (χ0n) is 13.3. The molecular weight excluding hydrogens is 351 g/mol. The van der Waals surface area contributed by atoms with Gasteiger partial charge in [-0.25, -0.2) is 4.39 Å². The smallest absolute Gasteiger partial charge is 0.317 e. The van der Waals surface area contributed by atoms with Crippen LogP contribution in [0.5, 0.6) is 0 Å². The highest BCUT2D eigenvalue weighted by Gasteiger charge is 2.20. The SMILES string of the molecule is C[C@H](OC(=O)CSC(=S)N1CCCC1)C(=O)Nc1cccc(F)c1. The predicted molar refractivity (Wildman–Crippen MR) is 96.4 cm³/mol. The summed E-state index contributed by atoms with van der Waals surface area (Å²) in [5, 5.41) is 2.50. The van der Waals surface area contributed by atoms with Crippen molar-refractivity contribution in [3.63, 3.8) is 0 Å². The summed E-state index contributed by atoms with van der Waals surface area (Å²) in [6.07, 6.45) is 1.26. The molecule has 1 N–H and O–H groups in total. The molecule has 24 heavy (non-hydrogen) atoms. The number of thiocarbonyl (C=S) groups is 1. The predicted octanol–water partition coefficient (Wildman–Crippen LogP) is 2.81. The minimum Gasteiger partial charge on any atom is -0.452 e. The van der Waals surface area contributed by atoms with E-state index in [-0.39, 0.29) is 5.75 Å². The lowest BCUT2D eigenvalue weighted by atomic mass is 10.3. The second-order valence-corrected chi connectivity index (χ2v) is 6.99. The molecule has 0 radical (unpaired) electrons. The number of likely N-dealkylation sites (tertiary alicyclic amines) is 1. The van der Waals surface area contributed by atoms with Crippen molar-refractivity contribution < 1.29 is 18.7 Å². The standard InChI is InChI=1S/C16H19FN2O3S2/c1-11(15(21)18-13-6-4-5-12(17)9-13)22-14(20)10-24-16(23)19-7-2-3-8-19/h4-6,9,11H,2-3,7-8,10H2,1H3,(H,18,21)/t11-/m0/s1. The second kappa shape index (κ2) is 8.98. The Morgan fingerprint density at radius 3 is 2.79 bits per heavy atom. The number of halogens is 1. The number of esters is 1. The van der Waals surface area contributed by atoms with E-state index in [1.807, 2.05) is 0 Å². The molecule has 1 aliphatic heterocycles. The van der Waals surface area contributed by atoms with Gasteiger partial charge in [0.15, 0.2) is 6.10 Å². The fraction of sp³-hybridized carbons (Fsp3) is 0.438. The van der Waals surface area contributed by atoms with Crippen molar-refractivity contribution in [2.24, 2.45) is 0 Å². The van der Waals surface area contributed by atoms with Gasteiger partial charge in [-0.05, 0) is 38.0 Å². The Bertz CT molecular complexity index is 621.